The van der Waals surface area contributed by atoms with Crippen LogP contribution in [-0.2, 0) is 6.54 Å². The summed E-state index contributed by atoms with van der Waals surface area (Å²) in [6, 6.07) is 7.99. The number of furan rings is 1. The Bertz CT molecular complexity index is 517. The largest absolute Gasteiger partial charge is 0.469 e. The standard InChI is InChI=1S/C14H18N2O/c1-10-8-13(15)4-5-14(10)16(3)9-12-6-7-17-11(12)2/h4-8H,9,15H2,1-3H3. The normalized spacial score (nSPS) is 10.5. The smallest absolute Gasteiger partial charge is 0.105 e. The molecular formula is C14H18N2O. The average molecular weight is 230 g/mol. The van der Waals surface area contributed by atoms with Crippen molar-refractivity contribution in [3.05, 3.63) is 47.4 Å². The van der Waals surface area contributed by atoms with Gasteiger partial charge in [0.05, 0.1) is 6.26 Å². The van der Waals surface area contributed by atoms with Crippen LogP contribution in [0.4, 0.5) is 11.4 Å². The maximum Gasteiger partial charge on any atom is 0.105 e. The number of nitrogens with zero attached hydrogens (tertiary/aromatic N) is 1. The van der Waals surface area contributed by atoms with Crippen LogP contribution in [0.1, 0.15) is 16.9 Å². The van der Waals surface area contributed by atoms with Crippen molar-refractivity contribution in [3.8, 4) is 0 Å². The van der Waals surface area contributed by atoms with Crippen LogP contribution in [-0.4, -0.2) is 7.05 Å². The van der Waals surface area contributed by atoms with E-state index in [1.807, 2.05) is 25.1 Å². The molecule has 1 aromatic heterocycles. The molecule has 0 aliphatic carbocycles. The van der Waals surface area contributed by atoms with Crippen molar-refractivity contribution in [2.75, 3.05) is 17.7 Å². The molecule has 0 saturated heterocycles. The highest BCUT2D eigenvalue weighted by Crippen LogP contribution is 2.23. The van der Waals surface area contributed by atoms with Gasteiger partial charge in [0, 0.05) is 30.5 Å². The van der Waals surface area contributed by atoms with Crippen LogP contribution in [0.2, 0.25) is 0 Å². The van der Waals surface area contributed by atoms with Gasteiger partial charge in [-0.2, -0.15) is 0 Å². The van der Waals surface area contributed by atoms with E-state index in [4.69, 9.17) is 10.2 Å². The second-order valence-electron chi connectivity index (χ2n) is 4.40. The number of anilines is 2. The predicted molar refractivity (Wildman–Crippen MR) is 71.1 cm³/mol. The van der Waals surface area contributed by atoms with E-state index in [0.717, 1.165) is 18.0 Å². The highest BCUT2D eigenvalue weighted by Gasteiger charge is 2.08. The van der Waals surface area contributed by atoms with E-state index in [1.165, 1.54) is 16.8 Å². The number of nitrogens with two attached hydrogens (primary N) is 1. The van der Waals surface area contributed by atoms with Gasteiger partial charge in [-0.3, -0.25) is 0 Å². The molecule has 3 heteroatoms. The van der Waals surface area contributed by atoms with Gasteiger partial charge in [0.2, 0.25) is 0 Å². The van der Waals surface area contributed by atoms with E-state index in [9.17, 15) is 0 Å². The van der Waals surface area contributed by atoms with Crippen molar-refractivity contribution < 1.29 is 4.42 Å². The van der Waals surface area contributed by atoms with Crippen molar-refractivity contribution >= 4 is 11.4 Å². The van der Waals surface area contributed by atoms with Crippen molar-refractivity contribution in [2.24, 2.45) is 0 Å². The molecule has 3 nitrogen and oxygen atoms in total. The van der Waals surface area contributed by atoms with E-state index in [0.29, 0.717) is 0 Å². The second-order valence-corrected chi connectivity index (χ2v) is 4.40. The summed E-state index contributed by atoms with van der Waals surface area (Å²) in [4.78, 5) is 2.20. The number of nitrogen functional groups attached to an aromatic ring is 1. The maximum atomic E-state index is 5.75. The van der Waals surface area contributed by atoms with Gasteiger partial charge in [0.15, 0.2) is 0 Å². The first-order chi connectivity index (χ1) is 8.08. The van der Waals surface area contributed by atoms with Crippen LogP contribution in [0.5, 0.6) is 0 Å². The Morgan fingerprint density at radius 1 is 1.24 bits per heavy atom. The SMILES string of the molecule is Cc1cc(N)ccc1N(C)Cc1ccoc1C. The average Bonchev–Trinajstić information content (AvgIpc) is 2.64. The molecule has 0 bridgehead atoms. The minimum atomic E-state index is 0.805. The van der Waals surface area contributed by atoms with Gasteiger partial charge in [-0.1, -0.05) is 0 Å². The zero-order valence-corrected chi connectivity index (χ0v) is 10.5. The number of hydrogen-bond acceptors (Lipinski definition) is 3. The van der Waals surface area contributed by atoms with E-state index >= 15 is 0 Å². The fourth-order valence-electron chi connectivity index (χ4n) is 2.02. The minimum absolute atomic E-state index is 0.805. The van der Waals surface area contributed by atoms with Crippen LogP contribution < -0.4 is 10.6 Å². The molecule has 0 aliphatic rings. The van der Waals surface area contributed by atoms with Gasteiger partial charge in [0.25, 0.3) is 0 Å². The van der Waals surface area contributed by atoms with E-state index in [2.05, 4.69) is 24.9 Å². The lowest BCUT2D eigenvalue weighted by molar-refractivity contribution is 0.529. The Hall–Kier alpha value is -1.90. The van der Waals surface area contributed by atoms with Crippen LogP contribution in [0.3, 0.4) is 0 Å². The first-order valence-corrected chi connectivity index (χ1v) is 5.68. The van der Waals surface area contributed by atoms with E-state index in [1.54, 1.807) is 6.26 Å². The fraction of sp³-hybridized carbons (Fsp3) is 0.286. The first kappa shape index (κ1) is 11.6. The second kappa shape index (κ2) is 4.53. The van der Waals surface area contributed by atoms with Crippen LogP contribution >= 0.6 is 0 Å². The molecule has 1 heterocycles. The van der Waals surface area contributed by atoms with Gasteiger partial charge < -0.3 is 15.1 Å². The molecule has 90 valence electrons. The van der Waals surface area contributed by atoms with Crippen LogP contribution in [0.25, 0.3) is 0 Å². The van der Waals surface area contributed by atoms with E-state index < -0.39 is 0 Å². The Balaban J connectivity index is 2.20. The molecule has 0 amide bonds. The zero-order valence-electron chi connectivity index (χ0n) is 10.5. The molecular weight excluding hydrogens is 212 g/mol. The molecule has 17 heavy (non-hydrogen) atoms. The van der Waals surface area contributed by atoms with Crippen LogP contribution in [0, 0.1) is 13.8 Å². The Morgan fingerprint density at radius 3 is 2.59 bits per heavy atom. The van der Waals surface area contributed by atoms with Crippen molar-refractivity contribution in [1.82, 2.24) is 0 Å². The van der Waals surface area contributed by atoms with Crippen molar-refractivity contribution in [3.63, 3.8) is 0 Å². The number of rotatable bonds is 3. The molecule has 0 radical (unpaired) electrons. The van der Waals surface area contributed by atoms with Gasteiger partial charge in [-0.05, 0) is 43.7 Å². The highest BCUT2D eigenvalue weighted by molar-refractivity contribution is 5.58. The highest BCUT2D eigenvalue weighted by atomic mass is 16.3. The lowest BCUT2D eigenvalue weighted by atomic mass is 10.1. The monoisotopic (exact) mass is 230 g/mol. The minimum Gasteiger partial charge on any atom is -0.469 e. The van der Waals surface area contributed by atoms with Gasteiger partial charge >= 0.3 is 0 Å². The molecule has 0 aliphatic heterocycles. The van der Waals surface area contributed by atoms with Gasteiger partial charge in [-0.25, -0.2) is 0 Å². The Morgan fingerprint density at radius 2 is 2.00 bits per heavy atom. The molecule has 2 N–H and O–H groups in total. The molecule has 2 rings (SSSR count). The summed E-state index contributed by atoms with van der Waals surface area (Å²) in [5.41, 5.74) is 10.2. The summed E-state index contributed by atoms with van der Waals surface area (Å²) in [5, 5.41) is 0. The third kappa shape index (κ3) is 2.44. The van der Waals surface area contributed by atoms with Crippen molar-refractivity contribution in [2.45, 2.75) is 20.4 Å². The molecule has 0 unspecified atom stereocenters. The Labute approximate surface area is 102 Å². The first-order valence-electron chi connectivity index (χ1n) is 5.68. The fourth-order valence-corrected chi connectivity index (χ4v) is 2.02. The third-order valence-electron chi connectivity index (χ3n) is 3.01. The predicted octanol–water partition coefficient (Wildman–Crippen LogP) is 3.12. The summed E-state index contributed by atoms with van der Waals surface area (Å²) in [7, 11) is 2.07. The van der Waals surface area contributed by atoms with Gasteiger partial charge in [-0.15, -0.1) is 0 Å². The van der Waals surface area contributed by atoms with E-state index in [-0.39, 0.29) is 0 Å². The van der Waals surface area contributed by atoms with Crippen LogP contribution in [0.15, 0.2) is 34.9 Å². The molecule has 0 spiro atoms. The molecule has 1 aromatic carbocycles. The number of benzene rings is 1. The molecule has 0 atom stereocenters. The summed E-state index contributed by atoms with van der Waals surface area (Å²) in [6.07, 6.45) is 1.73. The molecule has 0 fully saturated rings. The zero-order chi connectivity index (χ0) is 12.4. The lowest BCUT2D eigenvalue weighted by Gasteiger charge is -2.21. The molecule has 2 aromatic rings. The summed E-state index contributed by atoms with van der Waals surface area (Å²) in [6.45, 7) is 4.90. The molecule has 0 saturated carbocycles. The summed E-state index contributed by atoms with van der Waals surface area (Å²) in [5.74, 6) is 0.977. The van der Waals surface area contributed by atoms with Gasteiger partial charge in [0.1, 0.15) is 5.76 Å². The lowest BCUT2D eigenvalue weighted by Crippen LogP contribution is -2.17. The summed E-state index contributed by atoms with van der Waals surface area (Å²) < 4.78 is 5.30. The quantitative estimate of drug-likeness (QED) is 0.824. The third-order valence-corrected chi connectivity index (χ3v) is 3.01. The number of hydrogen-bond donors (Lipinski definition) is 1. The van der Waals surface area contributed by atoms with Crippen molar-refractivity contribution in [1.29, 1.82) is 0 Å². The number of aryl methyl sites for hydroxylation is 2. The topological polar surface area (TPSA) is 42.4 Å². The Kier molecular flexibility index (Phi) is 3.09. The maximum absolute atomic E-state index is 5.75. The summed E-state index contributed by atoms with van der Waals surface area (Å²) >= 11 is 0.